The Morgan fingerprint density at radius 1 is 1.10 bits per heavy atom. The fourth-order valence-electron chi connectivity index (χ4n) is 2.01. The molecule has 0 atom stereocenters. The summed E-state index contributed by atoms with van der Waals surface area (Å²) in [5.74, 6) is 2.25. The molecule has 0 radical (unpaired) electrons. The summed E-state index contributed by atoms with van der Waals surface area (Å²) < 4.78 is 10.8. The molecule has 0 saturated carbocycles. The average Bonchev–Trinajstić information content (AvgIpc) is 3.05. The third-order valence-corrected chi connectivity index (χ3v) is 3.87. The number of aryl methyl sites for hydroxylation is 2. The average molecular weight is 286 g/mol. The monoisotopic (exact) mass is 286 g/mol. The quantitative estimate of drug-likeness (QED) is 0.727. The van der Waals surface area contributed by atoms with E-state index < -0.39 is 0 Å². The molecule has 0 bridgehead atoms. The van der Waals surface area contributed by atoms with Crippen molar-refractivity contribution in [3.8, 4) is 27.8 Å². The number of hydrogen-bond donors (Lipinski definition) is 0. The van der Waals surface area contributed by atoms with Crippen LogP contribution in [0.4, 0.5) is 0 Å². The number of hydrogen-bond acceptors (Lipinski definition) is 5. The van der Waals surface area contributed by atoms with Crippen molar-refractivity contribution in [2.75, 3.05) is 7.11 Å². The highest BCUT2D eigenvalue weighted by Gasteiger charge is 2.13. The summed E-state index contributed by atoms with van der Waals surface area (Å²) in [5, 5.41) is 2.95. The maximum Gasteiger partial charge on any atom is 0.192 e. The Morgan fingerprint density at radius 2 is 1.85 bits per heavy atom. The molecule has 102 valence electrons. The normalized spacial score (nSPS) is 10.8. The van der Waals surface area contributed by atoms with Crippen molar-refractivity contribution in [1.82, 2.24) is 9.97 Å². The van der Waals surface area contributed by atoms with Gasteiger partial charge < -0.3 is 9.15 Å². The first-order valence-corrected chi connectivity index (χ1v) is 7.09. The van der Waals surface area contributed by atoms with Crippen molar-refractivity contribution < 1.29 is 9.15 Å². The maximum atomic E-state index is 5.60. The van der Waals surface area contributed by atoms with Crippen molar-refractivity contribution in [3.05, 3.63) is 41.2 Å². The van der Waals surface area contributed by atoms with Gasteiger partial charge in [0.05, 0.1) is 12.8 Å². The molecule has 0 spiro atoms. The molecule has 4 nitrogen and oxygen atoms in total. The van der Waals surface area contributed by atoms with Gasteiger partial charge in [-0.3, -0.25) is 0 Å². The first-order valence-electron chi connectivity index (χ1n) is 6.21. The second-order valence-electron chi connectivity index (χ2n) is 4.41. The van der Waals surface area contributed by atoms with Crippen molar-refractivity contribution in [1.29, 1.82) is 0 Å². The van der Waals surface area contributed by atoms with Gasteiger partial charge in [0.1, 0.15) is 16.5 Å². The third-order valence-electron chi connectivity index (χ3n) is 2.98. The van der Waals surface area contributed by atoms with Gasteiger partial charge in [0.2, 0.25) is 0 Å². The summed E-state index contributed by atoms with van der Waals surface area (Å²) in [7, 11) is 1.66. The number of ether oxygens (including phenoxy) is 1. The Hall–Kier alpha value is -2.14. The van der Waals surface area contributed by atoms with E-state index in [1.54, 1.807) is 18.4 Å². The molecule has 0 fully saturated rings. The van der Waals surface area contributed by atoms with E-state index in [1.807, 2.05) is 43.5 Å². The van der Waals surface area contributed by atoms with E-state index >= 15 is 0 Å². The molecule has 1 aromatic carbocycles. The van der Waals surface area contributed by atoms with Gasteiger partial charge in [-0.05, 0) is 31.2 Å². The fourth-order valence-corrected chi connectivity index (χ4v) is 2.82. The molecule has 0 amide bonds. The highest BCUT2D eigenvalue weighted by Crippen LogP contribution is 2.31. The molecule has 20 heavy (non-hydrogen) atoms. The minimum atomic E-state index is 0.663. The lowest BCUT2D eigenvalue weighted by atomic mass is 10.2. The number of oxazole rings is 1. The van der Waals surface area contributed by atoms with Crippen LogP contribution in [0.3, 0.4) is 0 Å². The lowest BCUT2D eigenvalue weighted by Gasteiger charge is -2.00. The van der Waals surface area contributed by atoms with Gasteiger partial charge in [0.15, 0.2) is 11.7 Å². The van der Waals surface area contributed by atoms with Crippen LogP contribution >= 0.6 is 11.3 Å². The van der Waals surface area contributed by atoms with Crippen LogP contribution in [-0.4, -0.2) is 17.1 Å². The SMILES string of the molecule is COc1ccc(-c2nc(-c3oc(C)nc3C)cs2)cc1. The maximum absolute atomic E-state index is 5.60. The molecule has 0 aliphatic carbocycles. The van der Waals surface area contributed by atoms with E-state index in [9.17, 15) is 0 Å². The summed E-state index contributed by atoms with van der Waals surface area (Å²) in [6.45, 7) is 3.77. The zero-order chi connectivity index (χ0) is 14.1. The van der Waals surface area contributed by atoms with Gasteiger partial charge in [0.25, 0.3) is 0 Å². The number of methoxy groups -OCH3 is 1. The topological polar surface area (TPSA) is 48.2 Å². The van der Waals surface area contributed by atoms with Crippen molar-refractivity contribution in [2.24, 2.45) is 0 Å². The second-order valence-corrected chi connectivity index (χ2v) is 5.27. The Labute approximate surface area is 121 Å². The number of rotatable bonds is 3. The number of nitrogens with zero attached hydrogens (tertiary/aromatic N) is 2. The van der Waals surface area contributed by atoms with Crippen LogP contribution in [0.5, 0.6) is 5.75 Å². The molecule has 0 N–H and O–H groups in total. The molecule has 0 unspecified atom stereocenters. The summed E-state index contributed by atoms with van der Waals surface area (Å²) >= 11 is 1.59. The van der Waals surface area contributed by atoms with Crippen LogP contribution in [0, 0.1) is 13.8 Å². The number of aromatic nitrogens is 2. The van der Waals surface area contributed by atoms with Gasteiger partial charge >= 0.3 is 0 Å². The lowest BCUT2D eigenvalue weighted by Crippen LogP contribution is -1.83. The Kier molecular flexibility index (Phi) is 3.28. The first-order chi connectivity index (χ1) is 9.67. The van der Waals surface area contributed by atoms with Gasteiger partial charge in [-0.2, -0.15) is 0 Å². The van der Waals surface area contributed by atoms with Crippen LogP contribution in [0.15, 0.2) is 34.1 Å². The third kappa shape index (κ3) is 2.32. The van der Waals surface area contributed by atoms with Crippen LogP contribution < -0.4 is 4.74 Å². The lowest BCUT2D eigenvalue weighted by molar-refractivity contribution is 0.415. The molecule has 2 aromatic heterocycles. The minimum absolute atomic E-state index is 0.663. The summed E-state index contributed by atoms with van der Waals surface area (Å²) in [6.07, 6.45) is 0. The molecule has 3 aromatic rings. The highest BCUT2D eigenvalue weighted by molar-refractivity contribution is 7.13. The van der Waals surface area contributed by atoms with Gasteiger partial charge in [-0.1, -0.05) is 0 Å². The van der Waals surface area contributed by atoms with Crippen LogP contribution in [0.25, 0.3) is 22.0 Å². The van der Waals surface area contributed by atoms with Crippen LogP contribution in [0.2, 0.25) is 0 Å². The van der Waals surface area contributed by atoms with Crippen LogP contribution in [0.1, 0.15) is 11.6 Å². The Morgan fingerprint density at radius 3 is 2.45 bits per heavy atom. The van der Waals surface area contributed by atoms with Crippen molar-refractivity contribution in [3.63, 3.8) is 0 Å². The van der Waals surface area contributed by atoms with Gasteiger partial charge in [-0.15, -0.1) is 11.3 Å². The molecule has 0 aliphatic heterocycles. The zero-order valence-corrected chi connectivity index (χ0v) is 12.3. The van der Waals surface area contributed by atoms with E-state index in [-0.39, 0.29) is 0 Å². The van der Waals surface area contributed by atoms with Gasteiger partial charge in [-0.25, -0.2) is 9.97 Å². The fraction of sp³-hybridized carbons (Fsp3) is 0.200. The molecule has 0 saturated heterocycles. The molecular formula is C15H14N2O2S. The Bertz CT molecular complexity index is 729. The predicted octanol–water partition coefficient (Wildman–Crippen LogP) is 4.09. The van der Waals surface area contributed by atoms with Crippen LogP contribution in [-0.2, 0) is 0 Å². The summed E-state index contributed by atoms with van der Waals surface area (Å²) in [6, 6.07) is 7.86. The van der Waals surface area contributed by atoms with E-state index in [2.05, 4.69) is 9.97 Å². The van der Waals surface area contributed by atoms with E-state index in [0.29, 0.717) is 5.89 Å². The molecule has 5 heteroatoms. The smallest absolute Gasteiger partial charge is 0.192 e. The summed E-state index contributed by atoms with van der Waals surface area (Å²) in [4.78, 5) is 8.90. The first kappa shape index (κ1) is 12.9. The number of benzene rings is 1. The second kappa shape index (κ2) is 5.09. The largest absolute Gasteiger partial charge is 0.497 e. The van der Waals surface area contributed by atoms with E-state index in [4.69, 9.17) is 9.15 Å². The van der Waals surface area contributed by atoms with Crippen molar-refractivity contribution in [2.45, 2.75) is 13.8 Å². The zero-order valence-electron chi connectivity index (χ0n) is 11.5. The van der Waals surface area contributed by atoms with Gasteiger partial charge in [0, 0.05) is 17.9 Å². The van der Waals surface area contributed by atoms with E-state index in [0.717, 1.165) is 33.5 Å². The molecule has 0 aliphatic rings. The van der Waals surface area contributed by atoms with Crippen molar-refractivity contribution >= 4 is 11.3 Å². The highest BCUT2D eigenvalue weighted by atomic mass is 32.1. The predicted molar refractivity (Wildman–Crippen MR) is 79.1 cm³/mol. The Balaban J connectivity index is 1.95. The standard InChI is InChI=1S/C15H14N2O2S/c1-9-14(19-10(2)16-9)13-8-20-15(17-13)11-4-6-12(18-3)7-5-11/h4-8H,1-3H3. The molecule has 2 heterocycles. The molecular weight excluding hydrogens is 272 g/mol. The molecule has 3 rings (SSSR count). The minimum Gasteiger partial charge on any atom is -0.497 e. The number of thiazole rings is 1. The van der Waals surface area contributed by atoms with E-state index in [1.165, 1.54) is 0 Å². The summed E-state index contributed by atoms with van der Waals surface area (Å²) in [5.41, 5.74) is 2.77.